The molecule has 1 heterocycles. The van der Waals surface area contributed by atoms with E-state index in [1.54, 1.807) is 37.5 Å². The van der Waals surface area contributed by atoms with Gasteiger partial charge in [-0.25, -0.2) is 0 Å². The van der Waals surface area contributed by atoms with Gasteiger partial charge in [-0.2, -0.15) is 0 Å². The molecule has 0 aliphatic heterocycles. The lowest BCUT2D eigenvalue weighted by Crippen LogP contribution is -2.16. The number of Topliss-reactive ketones (excluding diaryl/α,β-unsaturated/α-hetero) is 1. The second-order valence-corrected chi connectivity index (χ2v) is 7.08. The van der Waals surface area contributed by atoms with Gasteiger partial charge in [-0.15, -0.1) is 16.8 Å². The van der Waals surface area contributed by atoms with E-state index < -0.39 is 0 Å². The van der Waals surface area contributed by atoms with Gasteiger partial charge in [0.2, 0.25) is 5.13 Å². The van der Waals surface area contributed by atoms with Gasteiger partial charge >= 0.3 is 0 Å². The Morgan fingerprint density at radius 1 is 1.43 bits per heavy atom. The quantitative estimate of drug-likeness (QED) is 0.421. The molecule has 0 fully saturated rings. The zero-order valence-corrected chi connectivity index (χ0v) is 14.7. The standard InChI is InChI=1S/C16H19N3O2S2/c1-4-10-17-15-18-19-16(23-15)22-13(5-2)14(20)11-6-8-12(21-3)9-7-11/h4,6-9,13H,1,5,10H2,2-3H3,(H,17,18). The largest absolute Gasteiger partial charge is 0.497 e. The number of rotatable bonds is 9. The van der Waals surface area contributed by atoms with Gasteiger partial charge in [0.1, 0.15) is 5.75 Å². The van der Waals surface area contributed by atoms with Crippen molar-refractivity contribution in [1.29, 1.82) is 0 Å². The van der Waals surface area contributed by atoms with Gasteiger partial charge in [0, 0.05) is 12.1 Å². The van der Waals surface area contributed by atoms with Crippen molar-refractivity contribution in [3.05, 3.63) is 42.5 Å². The smallest absolute Gasteiger partial charge is 0.206 e. The van der Waals surface area contributed by atoms with Crippen LogP contribution in [0.3, 0.4) is 0 Å². The summed E-state index contributed by atoms with van der Waals surface area (Å²) in [7, 11) is 1.61. The minimum Gasteiger partial charge on any atom is -0.497 e. The summed E-state index contributed by atoms with van der Waals surface area (Å²) in [5.41, 5.74) is 0.680. The summed E-state index contributed by atoms with van der Waals surface area (Å²) in [6.07, 6.45) is 2.49. The van der Waals surface area contributed by atoms with Crippen molar-refractivity contribution in [3.63, 3.8) is 0 Å². The summed E-state index contributed by atoms with van der Waals surface area (Å²) in [5.74, 6) is 0.834. The predicted molar refractivity (Wildman–Crippen MR) is 95.9 cm³/mol. The number of anilines is 1. The van der Waals surface area contributed by atoms with Gasteiger partial charge in [0.25, 0.3) is 0 Å². The Labute approximate surface area is 144 Å². The van der Waals surface area contributed by atoms with Crippen molar-refractivity contribution >= 4 is 34.0 Å². The number of nitrogens with one attached hydrogen (secondary N) is 1. The van der Waals surface area contributed by atoms with Gasteiger partial charge < -0.3 is 10.1 Å². The van der Waals surface area contributed by atoms with Crippen LogP contribution in [-0.2, 0) is 0 Å². The van der Waals surface area contributed by atoms with Crippen LogP contribution >= 0.6 is 23.1 Å². The van der Waals surface area contributed by atoms with Crippen molar-refractivity contribution in [3.8, 4) is 5.75 Å². The number of ether oxygens (including phenoxy) is 1. The lowest BCUT2D eigenvalue weighted by atomic mass is 10.1. The van der Waals surface area contributed by atoms with Crippen molar-refractivity contribution in [2.24, 2.45) is 0 Å². The third-order valence-electron chi connectivity index (χ3n) is 3.08. The maximum absolute atomic E-state index is 12.6. The highest BCUT2D eigenvalue weighted by Crippen LogP contribution is 2.32. The molecule has 2 rings (SSSR count). The maximum Gasteiger partial charge on any atom is 0.206 e. The number of nitrogens with zero attached hydrogens (tertiary/aromatic N) is 2. The molecule has 0 bridgehead atoms. The van der Waals surface area contributed by atoms with Crippen LogP contribution < -0.4 is 10.1 Å². The molecule has 0 aliphatic carbocycles. The molecule has 0 spiro atoms. The number of methoxy groups -OCH3 is 1. The molecule has 7 heteroatoms. The molecule has 0 aliphatic rings. The first-order valence-corrected chi connectivity index (χ1v) is 8.90. The van der Waals surface area contributed by atoms with Crippen LogP contribution in [0.15, 0.2) is 41.3 Å². The Kier molecular flexibility index (Phi) is 6.61. The number of aromatic nitrogens is 2. The molecule has 122 valence electrons. The highest BCUT2D eigenvalue weighted by atomic mass is 32.2. The van der Waals surface area contributed by atoms with Gasteiger partial charge in [0.05, 0.1) is 12.4 Å². The normalized spacial score (nSPS) is 11.7. The van der Waals surface area contributed by atoms with Gasteiger partial charge in [-0.05, 0) is 30.7 Å². The molecule has 1 N–H and O–H groups in total. The maximum atomic E-state index is 12.6. The zero-order valence-electron chi connectivity index (χ0n) is 13.1. The summed E-state index contributed by atoms with van der Waals surface area (Å²) < 4.78 is 5.90. The lowest BCUT2D eigenvalue weighted by molar-refractivity contribution is 0.0988. The first kappa shape index (κ1) is 17.5. The zero-order chi connectivity index (χ0) is 16.7. The average Bonchev–Trinajstić information content (AvgIpc) is 3.04. The van der Waals surface area contributed by atoms with E-state index in [1.807, 2.05) is 6.92 Å². The molecule has 0 saturated heterocycles. The molecule has 23 heavy (non-hydrogen) atoms. The van der Waals surface area contributed by atoms with Crippen LogP contribution in [0.2, 0.25) is 0 Å². The fourth-order valence-corrected chi connectivity index (χ4v) is 3.88. The highest BCUT2D eigenvalue weighted by Gasteiger charge is 2.21. The topological polar surface area (TPSA) is 64.1 Å². The number of hydrogen-bond acceptors (Lipinski definition) is 7. The number of thioether (sulfide) groups is 1. The minimum atomic E-state index is -0.177. The van der Waals surface area contributed by atoms with Crippen LogP contribution in [0.1, 0.15) is 23.7 Å². The highest BCUT2D eigenvalue weighted by molar-refractivity contribution is 8.02. The third kappa shape index (κ3) is 4.80. The molecular formula is C16H19N3O2S2. The number of carbonyl (C=O) groups is 1. The van der Waals surface area contributed by atoms with Crippen LogP contribution in [0.5, 0.6) is 5.75 Å². The molecule has 2 aromatic rings. The number of carbonyl (C=O) groups excluding carboxylic acids is 1. The SMILES string of the molecule is C=CCNc1nnc(SC(CC)C(=O)c2ccc(OC)cc2)s1. The fraction of sp³-hybridized carbons (Fsp3) is 0.312. The summed E-state index contributed by atoms with van der Waals surface area (Å²) in [6, 6.07) is 7.18. The van der Waals surface area contributed by atoms with Crippen LogP contribution in [0, 0.1) is 0 Å². The molecule has 5 nitrogen and oxygen atoms in total. The molecular weight excluding hydrogens is 330 g/mol. The van der Waals surface area contributed by atoms with Gasteiger partial charge in [-0.3, -0.25) is 4.79 Å². The lowest BCUT2D eigenvalue weighted by Gasteiger charge is -2.11. The van der Waals surface area contributed by atoms with E-state index in [4.69, 9.17) is 4.74 Å². The number of ketones is 1. The third-order valence-corrected chi connectivity index (χ3v) is 5.41. The summed E-state index contributed by atoms with van der Waals surface area (Å²) in [6.45, 7) is 6.29. The molecule has 1 aromatic heterocycles. The van der Waals surface area contributed by atoms with E-state index in [0.717, 1.165) is 21.6 Å². The number of hydrogen-bond donors (Lipinski definition) is 1. The summed E-state index contributed by atoms with van der Waals surface area (Å²) in [5, 5.41) is 11.8. The van der Waals surface area contributed by atoms with Gasteiger partial charge in [0.15, 0.2) is 10.1 Å². The molecule has 0 saturated carbocycles. The number of benzene rings is 1. The van der Waals surface area contributed by atoms with E-state index in [2.05, 4.69) is 22.1 Å². The van der Waals surface area contributed by atoms with E-state index in [9.17, 15) is 4.79 Å². The van der Waals surface area contributed by atoms with E-state index in [-0.39, 0.29) is 11.0 Å². The van der Waals surface area contributed by atoms with E-state index >= 15 is 0 Å². The first-order valence-electron chi connectivity index (χ1n) is 7.21. The fourth-order valence-electron chi connectivity index (χ4n) is 1.87. The van der Waals surface area contributed by atoms with Crippen LogP contribution in [0.4, 0.5) is 5.13 Å². The van der Waals surface area contributed by atoms with Gasteiger partial charge in [-0.1, -0.05) is 36.1 Å². The predicted octanol–water partition coefficient (Wildman–Crippen LogP) is 3.90. The Morgan fingerprint density at radius 3 is 2.78 bits per heavy atom. The van der Waals surface area contributed by atoms with Crippen molar-refractivity contribution < 1.29 is 9.53 Å². The molecule has 0 amide bonds. The molecule has 1 unspecified atom stereocenters. The first-order chi connectivity index (χ1) is 11.2. The van der Waals surface area contributed by atoms with Crippen LogP contribution in [0.25, 0.3) is 0 Å². The Balaban J connectivity index is 2.04. The second kappa shape index (κ2) is 8.69. The average molecular weight is 349 g/mol. The van der Waals surface area contributed by atoms with Crippen molar-refractivity contribution in [2.75, 3.05) is 19.0 Å². The van der Waals surface area contributed by atoms with E-state index in [0.29, 0.717) is 12.1 Å². The minimum absolute atomic E-state index is 0.0935. The van der Waals surface area contributed by atoms with Crippen molar-refractivity contribution in [2.45, 2.75) is 22.9 Å². The summed E-state index contributed by atoms with van der Waals surface area (Å²) in [4.78, 5) is 12.6. The Morgan fingerprint density at radius 2 is 2.17 bits per heavy atom. The van der Waals surface area contributed by atoms with Crippen LogP contribution in [-0.4, -0.2) is 34.9 Å². The Bertz CT molecular complexity index is 656. The summed E-state index contributed by atoms with van der Waals surface area (Å²) >= 11 is 2.90. The van der Waals surface area contributed by atoms with Crippen molar-refractivity contribution in [1.82, 2.24) is 10.2 Å². The molecule has 0 radical (unpaired) electrons. The Hall–Kier alpha value is -1.86. The second-order valence-electron chi connectivity index (χ2n) is 4.65. The molecule has 1 aromatic carbocycles. The monoisotopic (exact) mass is 349 g/mol. The van der Waals surface area contributed by atoms with E-state index in [1.165, 1.54) is 23.1 Å². The molecule has 1 atom stereocenters.